The van der Waals surface area contributed by atoms with E-state index in [1.807, 2.05) is 41.5 Å². The van der Waals surface area contributed by atoms with E-state index < -0.39 is 14.8 Å². The molecule has 0 unspecified atom stereocenters. The van der Waals surface area contributed by atoms with Gasteiger partial charge in [0, 0.05) is 33.0 Å². The van der Waals surface area contributed by atoms with Crippen molar-refractivity contribution in [2.75, 3.05) is 6.61 Å². The summed E-state index contributed by atoms with van der Waals surface area (Å²) in [7, 11) is -1.16. The van der Waals surface area contributed by atoms with Gasteiger partial charge in [0.2, 0.25) is 0 Å². The Hall–Kier alpha value is -0.378. The van der Waals surface area contributed by atoms with Gasteiger partial charge >= 0.3 is 6.75 Å². The summed E-state index contributed by atoms with van der Waals surface area (Å²) in [5.41, 5.74) is 0.584. The molecule has 27 heavy (non-hydrogen) atoms. The minimum Gasteiger partial charge on any atom is -0.538 e. The van der Waals surface area contributed by atoms with Crippen LogP contribution < -0.4 is 5.59 Å². The van der Waals surface area contributed by atoms with Gasteiger partial charge in [0.05, 0.1) is 11.2 Å². The van der Waals surface area contributed by atoms with Gasteiger partial charge in [0.25, 0.3) is 0 Å². The van der Waals surface area contributed by atoms with Crippen LogP contribution >= 0.6 is 11.6 Å². The van der Waals surface area contributed by atoms with Crippen LogP contribution in [0.15, 0.2) is 6.20 Å². The summed E-state index contributed by atoms with van der Waals surface area (Å²) >= 11 is 6.51. The molecule has 0 spiro atoms. The first-order chi connectivity index (χ1) is 12.4. The van der Waals surface area contributed by atoms with E-state index in [1.165, 1.54) is 0 Å². The molecule has 0 aliphatic carbocycles. The molecular weight excluding hydrogens is 383 g/mol. The molecule has 0 amide bonds. The van der Waals surface area contributed by atoms with E-state index in [-0.39, 0.29) is 25.0 Å². The SMILES string of the molecule is CC(C)O[B-](OC(C)C)(OC(C)C)c1c(Cl)cnn1COCC[Si](C)(C)C. The zero-order chi connectivity index (χ0) is 20.8. The van der Waals surface area contributed by atoms with Crippen molar-refractivity contribution in [1.29, 1.82) is 0 Å². The van der Waals surface area contributed by atoms with Gasteiger partial charge in [-0.25, -0.2) is 0 Å². The topological polar surface area (TPSA) is 54.7 Å². The van der Waals surface area contributed by atoms with Crippen LogP contribution in [-0.4, -0.2) is 49.5 Å². The maximum Gasteiger partial charge on any atom is 0.429 e. The highest BCUT2D eigenvalue weighted by Gasteiger charge is 2.40. The van der Waals surface area contributed by atoms with Crippen molar-refractivity contribution in [3.8, 4) is 0 Å². The molecule has 1 heterocycles. The first-order valence-electron chi connectivity index (χ1n) is 9.82. The maximum absolute atomic E-state index is 6.51. The highest BCUT2D eigenvalue weighted by molar-refractivity contribution is 6.77. The van der Waals surface area contributed by atoms with Crippen LogP contribution in [0.5, 0.6) is 0 Å². The third-order valence-electron chi connectivity index (χ3n) is 3.73. The van der Waals surface area contributed by atoms with Crippen molar-refractivity contribution < 1.29 is 18.7 Å². The molecule has 1 aromatic heterocycles. The van der Waals surface area contributed by atoms with Crippen molar-refractivity contribution in [2.45, 2.75) is 92.3 Å². The van der Waals surface area contributed by atoms with Crippen LogP contribution in [0.2, 0.25) is 30.7 Å². The quantitative estimate of drug-likeness (QED) is 0.374. The molecule has 0 aliphatic rings. The Balaban J connectivity index is 3.18. The fraction of sp³-hybridized carbons (Fsp3) is 0.833. The Morgan fingerprint density at radius 3 is 1.89 bits per heavy atom. The zero-order valence-electron chi connectivity index (χ0n) is 18.4. The van der Waals surface area contributed by atoms with Crippen molar-refractivity contribution in [1.82, 2.24) is 9.78 Å². The molecule has 0 aliphatic heterocycles. The second-order valence-corrected chi connectivity index (χ2v) is 15.0. The number of rotatable bonds is 12. The van der Waals surface area contributed by atoms with Gasteiger partial charge in [-0.3, -0.25) is 4.68 Å². The van der Waals surface area contributed by atoms with Gasteiger partial charge in [0.15, 0.2) is 0 Å². The number of nitrogens with zero attached hydrogens (tertiary/aromatic N) is 2. The van der Waals surface area contributed by atoms with Crippen LogP contribution in [0.25, 0.3) is 0 Å². The van der Waals surface area contributed by atoms with Crippen LogP contribution in [-0.2, 0) is 25.4 Å². The van der Waals surface area contributed by atoms with Crippen LogP contribution in [0, 0.1) is 0 Å². The number of halogens is 1. The second-order valence-electron chi connectivity index (χ2n) is 8.92. The first-order valence-corrected chi connectivity index (χ1v) is 13.9. The standard InChI is InChI=1S/C18H37BClN2O4Si/c1-14(2)24-19(25-15(3)4,26-16(5)6)18-17(20)12-21-22(18)13-23-10-11-27(7,8)9/h12,14-16H,10-11,13H2,1-9H3/q-1. The van der Waals surface area contributed by atoms with E-state index >= 15 is 0 Å². The van der Waals surface area contributed by atoms with E-state index in [9.17, 15) is 0 Å². The molecule has 0 saturated heterocycles. The molecule has 0 fully saturated rings. The minimum atomic E-state index is -2.28. The maximum atomic E-state index is 6.51. The molecule has 158 valence electrons. The molecule has 0 bridgehead atoms. The lowest BCUT2D eigenvalue weighted by molar-refractivity contribution is 0.0115. The van der Waals surface area contributed by atoms with Gasteiger partial charge in [-0.15, -0.1) is 0 Å². The molecule has 0 atom stereocenters. The summed E-state index contributed by atoms with van der Waals surface area (Å²) in [4.78, 5) is 0. The molecule has 1 aromatic rings. The summed E-state index contributed by atoms with van der Waals surface area (Å²) in [5, 5.41) is 4.83. The predicted molar refractivity (Wildman–Crippen MR) is 115 cm³/mol. The Labute approximate surface area is 170 Å². The minimum absolute atomic E-state index is 0.116. The Bertz CT molecular complexity index is 550. The lowest BCUT2D eigenvalue weighted by Crippen LogP contribution is -2.63. The summed E-state index contributed by atoms with van der Waals surface area (Å²) in [6.07, 6.45) is 1.24. The number of hydrogen-bond acceptors (Lipinski definition) is 5. The molecule has 9 heteroatoms. The zero-order valence-corrected chi connectivity index (χ0v) is 20.2. The van der Waals surface area contributed by atoms with E-state index in [1.54, 1.807) is 10.9 Å². The number of hydrogen-bond donors (Lipinski definition) is 0. The third kappa shape index (κ3) is 8.25. The van der Waals surface area contributed by atoms with Crippen LogP contribution in [0.1, 0.15) is 41.5 Å². The summed E-state index contributed by atoms with van der Waals surface area (Å²) < 4.78 is 26.2. The second kappa shape index (κ2) is 10.4. The predicted octanol–water partition coefficient (Wildman–Crippen LogP) is 4.27. The summed E-state index contributed by atoms with van der Waals surface area (Å²) in [6, 6.07) is 1.08. The average molecular weight is 420 g/mol. The molecule has 0 saturated carbocycles. The molecular formula is C18H37BClN2O4Si-. The van der Waals surface area contributed by atoms with E-state index in [2.05, 4.69) is 24.7 Å². The van der Waals surface area contributed by atoms with Crippen molar-refractivity contribution in [3.05, 3.63) is 11.2 Å². The molecule has 1 rings (SSSR count). The average Bonchev–Trinajstić information content (AvgIpc) is 2.81. The Morgan fingerprint density at radius 2 is 1.48 bits per heavy atom. The Morgan fingerprint density at radius 1 is 1.00 bits per heavy atom. The largest absolute Gasteiger partial charge is 0.538 e. The summed E-state index contributed by atoms with van der Waals surface area (Å²) in [5.74, 6) is 0. The highest BCUT2D eigenvalue weighted by Crippen LogP contribution is 2.22. The van der Waals surface area contributed by atoms with Crippen LogP contribution in [0.4, 0.5) is 0 Å². The third-order valence-corrected chi connectivity index (χ3v) is 5.73. The van der Waals surface area contributed by atoms with Crippen molar-refractivity contribution in [2.24, 2.45) is 0 Å². The first kappa shape index (κ1) is 24.7. The van der Waals surface area contributed by atoms with Gasteiger partial charge in [-0.05, 0) is 53.2 Å². The van der Waals surface area contributed by atoms with Gasteiger partial charge in [-0.2, -0.15) is 5.10 Å². The smallest absolute Gasteiger partial charge is 0.429 e. The molecule has 0 N–H and O–H groups in total. The molecule has 0 aromatic carbocycles. The van der Waals surface area contributed by atoms with E-state index in [0.717, 1.165) is 6.04 Å². The normalized spacial score (nSPS) is 13.4. The fourth-order valence-corrected chi connectivity index (χ4v) is 3.75. The van der Waals surface area contributed by atoms with Gasteiger partial charge < -0.3 is 18.7 Å². The number of ether oxygens (including phenoxy) is 1. The highest BCUT2D eigenvalue weighted by atomic mass is 35.5. The molecule has 6 nitrogen and oxygen atoms in total. The van der Waals surface area contributed by atoms with E-state index in [0.29, 0.717) is 17.2 Å². The lowest BCUT2D eigenvalue weighted by Gasteiger charge is -2.46. The van der Waals surface area contributed by atoms with Crippen molar-refractivity contribution >= 4 is 32.0 Å². The number of aromatic nitrogens is 2. The Kier molecular flexibility index (Phi) is 9.51. The van der Waals surface area contributed by atoms with Gasteiger partial charge in [-0.1, -0.05) is 31.2 Å². The van der Waals surface area contributed by atoms with Crippen LogP contribution in [0.3, 0.4) is 0 Å². The fourth-order valence-electron chi connectivity index (χ4n) is 2.72. The monoisotopic (exact) mass is 419 g/mol. The van der Waals surface area contributed by atoms with Crippen molar-refractivity contribution in [3.63, 3.8) is 0 Å². The summed E-state index contributed by atoms with van der Waals surface area (Å²) in [6.45, 7) is 17.3. The van der Waals surface area contributed by atoms with Gasteiger partial charge in [0.1, 0.15) is 6.73 Å². The molecule has 0 radical (unpaired) electrons. The van der Waals surface area contributed by atoms with E-state index in [4.69, 9.17) is 30.3 Å². The lowest BCUT2D eigenvalue weighted by atomic mass is 9.71.